The van der Waals surface area contributed by atoms with Crippen molar-refractivity contribution < 1.29 is 14.7 Å². The second-order valence-electron chi connectivity index (χ2n) is 3.17. The molecule has 0 unspecified atom stereocenters. The Hall–Kier alpha value is -1.91. The lowest BCUT2D eigenvalue weighted by atomic mass is 10.2. The first-order valence-corrected chi connectivity index (χ1v) is 4.47. The van der Waals surface area contributed by atoms with Gasteiger partial charge in [-0.2, -0.15) is 0 Å². The predicted molar refractivity (Wildman–Crippen MR) is 53.5 cm³/mol. The Labute approximate surface area is 87.1 Å². The van der Waals surface area contributed by atoms with E-state index >= 15 is 0 Å². The number of carbonyl (C=O) groups is 2. The zero-order valence-electron chi connectivity index (χ0n) is 8.52. The molecule has 2 N–H and O–H groups in total. The summed E-state index contributed by atoms with van der Waals surface area (Å²) in [5, 5.41) is 11.0. The first-order chi connectivity index (χ1) is 7.02. The molecule has 0 aliphatic carbocycles. The number of amides is 1. The molecule has 5 heteroatoms. The number of carboxylic acids is 1. The Morgan fingerprint density at radius 3 is 2.73 bits per heavy atom. The van der Waals surface area contributed by atoms with Gasteiger partial charge < -0.3 is 10.4 Å². The van der Waals surface area contributed by atoms with Crippen molar-refractivity contribution in [2.75, 3.05) is 0 Å². The van der Waals surface area contributed by atoms with Crippen LogP contribution >= 0.6 is 0 Å². The molecule has 0 fully saturated rings. The standard InChI is InChI=1S/C10H12N2O3/c1-6-8(4-3-5-11-6)9(13)12-7(2)10(14)15/h3-5,7H,1-2H3,(H,12,13)(H,14,15)/t7-/m0/s1. The summed E-state index contributed by atoms with van der Waals surface area (Å²) in [7, 11) is 0. The van der Waals surface area contributed by atoms with Gasteiger partial charge in [0.1, 0.15) is 6.04 Å². The molecule has 0 saturated carbocycles. The number of nitrogens with one attached hydrogen (secondary N) is 1. The highest BCUT2D eigenvalue weighted by atomic mass is 16.4. The Kier molecular flexibility index (Phi) is 3.38. The Balaban J connectivity index is 2.78. The normalized spacial score (nSPS) is 11.9. The van der Waals surface area contributed by atoms with Gasteiger partial charge in [-0.3, -0.25) is 14.6 Å². The van der Waals surface area contributed by atoms with Crippen molar-refractivity contribution in [3.63, 3.8) is 0 Å². The van der Waals surface area contributed by atoms with E-state index in [0.717, 1.165) is 0 Å². The summed E-state index contributed by atoms with van der Waals surface area (Å²) in [5.74, 6) is -1.49. The predicted octanol–water partition coefficient (Wildman–Crippen LogP) is 0.593. The van der Waals surface area contributed by atoms with Crippen molar-refractivity contribution in [1.82, 2.24) is 10.3 Å². The Morgan fingerprint density at radius 2 is 2.20 bits per heavy atom. The van der Waals surface area contributed by atoms with E-state index in [0.29, 0.717) is 11.3 Å². The molecule has 0 aromatic carbocycles. The average Bonchev–Trinajstić information content (AvgIpc) is 2.18. The summed E-state index contributed by atoms with van der Waals surface area (Å²) in [6.07, 6.45) is 1.58. The minimum atomic E-state index is -1.06. The van der Waals surface area contributed by atoms with Crippen molar-refractivity contribution >= 4 is 11.9 Å². The third-order valence-corrected chi connectivity index (χ3v) is 1.97. The van der Waals surface area contributed by atoms with Gasteiger partial charge in [-0.15, -0.1) is 0 Å². The van der Waals surface area contributed by atoms with Crippen LogP contribution in [-0.4, -0.2) is 28.0 Å². The van der Waals surface area contributed by atoms with Gasteiger partial charge in [0.05, 0.1) is 5.56 Å². The van der Waals surface area contributed by atoms with Crippen LogP contribution < -0.4 is 5.32 Å². The highest BCUT2D eigenvalue weighted by molar-refractivity contribution is 5.97. The molecule has 5 nitrogen and oxygen atoms in total. The van der Waals surface area contributed by atoms with E-state index in [-0.39, 0.29) is 0 Å². The van der Waals surface area contributed by atoms with Crippen LogP contribution in [0.2, 0.25) is 0 Å². The van der Waals surface area contributed by atoms with Gasteiger partial charge in [0.25, 0.3) is 5.91 Å². The van der Waals surface area contributed by atoms with E-state index in [1.807, 2.05) is 0 Å². The molecular formula is C10H12N2O3. The maximum atomic E-state index is 11.6. The number of hydrogen-bond acceptors (Lipinski definition) is 3. The number of aliphatic carboxylic acids is 1. The first kappa shape index (κ1) is 11.2. The molecule has 1 heterocycles. The number of rotatable bonds is 3. The summed E-state index contributed by atoms with van der Waals surface area (Å²) in [4.78, 5) is 26.0. The van der Waals surface area contributed by atoms with Crippen molar-refractivity contribution in [1.29, 1.82) is 0 Å². The highest BCUT2D eigenvalue weighted by Crippen LogP contribution is 2.03. The van der Waals surface area contributed by atoms with E-state index in [1.165, 1.54) is 6.92 Å². The molecule has 80 valence electrons. The fraction of sp³-hybridized carbons (Fsp3) is 0.300. The molecule has 1 aromatic heterocycles. The molecule has 1 atom stereocenters. The number of pyridine rings is 1. The van der Waals surface area contributed by atoms with Crippen molar-refractivity contribution in [3.05, 3.63) is 29.6 Å². The monoisotopic (exact) mass is 208 g/mol. The lowest BCUT2D eigenvalue weighted by molar-refractivity contribution is -0.138. The van der Waals surface area contributed by atoms with Gasteiger partial charge in [0.15, 0.2) is 0 Å². The van der Waals surface area contributed by atoms with Gasteiger partial charge in [-0.1, -0.05) is 0 Å². The largest absolute Gasteiger partial charge is 0.480 e. The summed E-state index contributed by atoms with van der Waals surface area (Å²) < 4.78 is 0. The zero-order valence-corrected chi connectivity index (χ0v) is 8.52. The molecule has 1 rings (SSSR count). The number of nitrogens with zero attached hydrogens (tertiary/aromatic N) is 1. The zero-order chi connectivity index (χ0) is 11.4. The third kappa shape index (κ3) is 2.77. The molecule has 0 saturated heterocycles. The minimum Gasteiger partial charge on any atom is -0.480 e. The van der Waals surface area contributed by atoms with Crippen LogP contribution in [0, 0.1) is 6.92 Å². The van der Waals surface area contributed by atoms with Crippen LogP contribution in [0.3, 0.4) is 0 Å². The molecular weight excluding hydrogens is 196 g/mol. The van der Waals surface area contributed by atoms with Crippen LogP contribution in [0.1, 0.15) is 23.0 Å². The molecule has 0 radical (unpaired) electrons. The lowest BCUT2D eigenvalue weighted by Crippen LogP contribution is -2.38. The Morgan fingerprint density at radius 1 is 1.53 bits per heavy atom. The summed E-state index contributed by atoms with van der Waals surface area (Å²) >= 11 is 0. The molecule has 0 spiro atoms. The topological polar surface area (TPSA) is 79.3 Å². The van der Waals surface area contributed by atoms with E-state index in [1.54, 1.807) is 25.3 Å². The number of carbonyl (C=O) groups excluding carboxylic acids is 1. The van der Waals surface area contributed by atoms with Crippen molar-refractivity contribution in [3.8, 4) is 0 Å². The number of carboxylic acid groups (broad SMARTS) is 1. The molecule has 0 aliphatic heterocycles. The second kappa shape index (κ2) is 4.54. The average molecular weight is 208 g/mol. The summed E-state index contributed by atoms with van der Waals surface area (Å²) in [5.41, 5.74) is 0.971. The number of aromatic nitrogens is 1. The van der Waals surface area contributed by atoms with E-state index in [9.17, 15) is 9.59 Å². The molecule has 15 heavy (non-hydrogen) atoms. The van der Waals surface area contributed by atoms with Crippen LogP contribution in [0.25, 0.3) is 0 Å². The molecule has 0 bridgehead atoms. The number of aryl methyl sites for hydroxylation is 1. The highest BCUT2D eigenvalue weighted by Gasteiger charge is 2.16. The first-order valence-electron chi connectivity index (χ1n) is 4.47. The SMILES string of the molecule is Cc1ncccc1C(=O)N[C@@H](C)C(=O)O. The van der Waals surface area contributed by atoms with Crippen molar-refractivity contribution in [2.45, 2.75) is 19.9 Å². The third-order valence-electron chi connectivity index (χ3n) is 1.97. The van der Waals surface area contributed by atoms with Crippen LogP contribution in [-0.2, 0) is 4.79 Å². The second-order valence-corrected chi connectivity index (χ2v) is 3.17. The van der Waals surface area contributed by atoms with Gasteiger partial charge in [0, 0.05) is 11.9 Å². The van der Waals surface area contributed by atoms with Crippen LogP contribution in [0.4, 0.5) is 0 Å². The van der Waals surface area contributed by atoms with Gasteiger partial charge in [-0.25, -0.2) is 0 Å². The summed E-state index contributed by atoms with van der Waals surface area (Å²) in [6.45, 7) is 3.10. The maximum absolute atomic E-state index is 11.6. The van der Waals surface area contributed by atoms with E-state index < -0.39 is 17.9 Å². The molecule has 0 aliphatic rings. The minimum absolute atomic E-state index is 0.394. The molecule has 1 aromatic rings. The van der Waals surface area contributed by atoms with Gasteiger partial charge >= 0.3 is 5.97 Å². The van der Waals surface area contributed by atoms with E-state index in [4.69, 9.17) is 5.11 Å². The van der Waals surface area contributed by atoms with Crippen LogP contribution in [0.15, 0.2) is 18.3 Å². The smallest absolute Gasteiger partial charge is 0.325 e. The lowest BCUT2D eigenvalue weighted by Gasteiger charge is -2.09. The Bertz CT molecular complexity index is 390. The summed E-state index contributed by atoms with van der Waals surface area (Å²) in [6, 6.07) is 2.33. The maximum Gasteiger partial charge on any atom is 0.325 e. The van der Waals surface area contributed by atoms with E-state index in [2.05, 4.69) is 10.3 Å². The van der Waals surface area contributed by atoms with Crippen LogP contribution in [0.5, 0.6) is 0 Å². The van der Waals surface area contributed by atoms with Gasteiger partial charge in [-0.05, 0) is 26.0 Å². The molecule has 1 amide bonds. The van der Waals surface area contributed by atoms with Crippen molar-refractivity contribution in [2.24, 2.45) is 0 Å². The number of hydrogen-bond donors (Lipinski definition) is 2. The van der Waals surface area contributed by atoms with Gasteiger partial charge in [0.2, 0.25) is 0 Å². The quantitative estimate of drug-likeness (QED) is 0.762. The fourth-order valence-corrected chi connectivity index (χ4v) is 1.06. The fourth-order valence-electron chi connectivity index (χ4n) is 1.06.